The van der Waals surface area contributed by atoms with Crippen LogP contribution in [-0.4, -0.2) is 18.6 Å². The van der Waals surface area contributed by atoms with Crippen LogP contribution in [0.2, 0.25) is 0 Å². The van der Waals surface area contributed by atoms with Gasteiger partial charge in [0.05, 0.1) is 18.7 Å². The summed E-state index contributed by atoms with van der Waals surface area (Å²) in [4.78, 5) is 12.3. The molecule has 2 atom stereocenters. The van der Waals surface area contributed by atoms with Gasteiger partial charge < -0.3 is 15.8 Å². The van der Waals surface area contributed by atoms with E-state index in [1.54, 1.807) is 0 Å². The van der Waals surface area contributed by atoms with Crippen molar-refractivity contribution in [2.45, 2.75) is 59.0 Å². The van der Waals surface area contributed by atoms with Gasteiger partial charge in [-0.1, -0.05) is 45.4 Å². The van der Waals surface area contributed by atoms with Crippen LogP contribution in [0.1, 0.15) is 58.6 Å². The molecule has 4 nitrogen and oxygen atoms in total. The Morgan fingerprint density at radius 1 is 1.27 bits per heavy atom. The molecule has 0 aliphatic carbocycles. The topological polar surface area (TPSA) is 64.4 Å². The molecule has 124 valence electrons. The van der Waals surface area contributed by atoms with E-state index in [-0.39, 0.29) is 11.9 Å². The van der Waals surface area contributed by atoms with E-state index in [9.17, 15) is 4.79 Å². The highest BCUT2D eigenvalue weighted by Crippen LogP contribution is 2.29. The zero-order valence-electron chi connectivity index (χ0n) is 14.3. The molecule has 0 fully saturated rings. The number of nitrogens with two attached hydrogens (primary N) is 1. The van der Waals surface area contributed by atoms with E-state index in [2.05, 4.69) is 19.2 Å². The molecule has 2 unspecified atom stereocenters. The lowest BCUT2D eigenvalue weighted by Crippen LogP contribution is -2.42. The van der Waals surface area contributed by atoms with Crippen molar-refractivity contribution in [2.24, 2.45) is 11.7 Å². The minimum atomic E-state index is -0.445. The van der Waals surface area contributed by atoms with Gasteiger partial charge in [0, 0.05) is 5.56 Å². The van der Waals surface area contributed by atoms with E-state index in [1.165, 1.54) is 0 Å². The van der Waals surface area contributed by atoms with Crippen molar-refractivity contribution in [2.75, 3.05) is 6.61 Å². The molecule has 0 saturated carbocycles. The van der Waals surface area contributed by atoms with Crippen LogP contribution in [0.4, 0.5) is 0 Å². The van der Waals surface area contributed by atoms with Gasteiger partial charge in [0.25, 0.3) is 0 Å². The number of benzene rings is 1. The van der Waals surface area contributed by atoms with E-state index >= 15 is 0 Å². The number of ether oxygens (including phenoxy) is 1. The fraction of sp³-hybridized carbons (Fsp3) is 0.611. The normalized spacial score (nSPS) is 13.7. The fourth-order valence-corrected chi connectivity index (χ4v) is 2.51. The summed E-state index contributed by atoms with van der Waals surface area (Å²) in [5, 5.41) is 3.10. The Labute approximate surface area is 134 Å². The smallest absolute Gasteiger partial charge is 0.237 e. The van der Waals surface area contributed by atoms with Crippen molar-refractivity contribution in [1.29, 1.82) is 0 Å². The van der Waals surface area contributed by atoms with Gasteiger partial charge >= 0.3 is 0 Å². The van der Waals surface area contributed by atoms with E-state index in [4.69, 9.17) is 10.5 Å². The first kappa shape index (κ1) is 18.5. The van der Waals surface area contributed by atoms with E-state index in [1.807, 2.05) is 38.1 Å². The number of amides is 1. The maximum atomic E-state index is 12.3. The molecule has 0 heterocycles. The number of hydrogen-bond donors (Lipinski definition) is 2. The van der Waals surface area contributed by atoms with Gasteiger partial charge in [-0.25, -0.2) is 0 Å². The molecule has 1 rings (SSSR count). The van der Waals surface area contributed by atoms with Crippen LogP contribution in [0.25, 0.3) is 0 Å². The van der Waals surface area contributed by atoms with Crippen LogP contribution in [0, 0.1) is 5.92 Å². The minimum Gasteiger partial charge on any atom is -0.494 e. The standard InChI is InChI=1S/C18H30N2O2/c1-5-9-15(19)18(21)20-16(12-13(3)4)14-10-7-8-11-17(14)22-6-2/h7-8,10-11,13,15-16H,5-6,9,12,19H2,1-4H3,(H,20,21). The molecule has 0 aliphatic heterocycles. The molecule has 0 aromatic heterocycles. The Balaban J connectivity index is 2.95. The summed E-state index contributed by atoms with van der Waals surface area (Å²) in [7, 11) is 0. The third-order valence-electron chi connectivity index (χ3n) is 3.55. The number of rotatable bonds is 9. The quantitative estimate of drug-likeness (QED) is 0.735. The average molecular weight is 306 g/mol. The molecule has 1 aromatic carbocycles. The third-order valence-corrected chi connectivity index (χ3v) is 3.55. The summed E-state index contributed by atoms with van der Waals surface area (Å²) in [6, 6.07) is 7.38. The van der Waals surface area contributed by atoms with E-state index in [0.717, 1.165) is 24.2 Å². The number of carbonyl (C=O) groups is 1. The first-order chi connectivity index (χ1) is 10.5. The number of carbonyl (C=O) groups excluding carboxylic acids is 1. The van der Waals surface area contributed by atoms with E-state index < -0.39 is 6.04 Å². The van der Waals surface area contributed by atoms with Crippen molar-refractivity contribution in [1.82, 2.24) is 5.32 Å². The van der Waals surface area contributed by atoms with Crippen LogP contribution in [0.3, 0.4) is 0 Å². The molecule has 0 radical (unpaired) electrons. The largest absolute Gasteiger partial charge is 0.494 e. The van der Waals surface area contributed by atoms with Crippen molar-refractivity contribution in [3.63, 3.8) is 0 Å². The van der Waals surface area contributed by atoms with Crippen LogP contribution >= 0.6 is 0 Å². The Morgan fingerprint density at radius 2 is 1.95 bits per heavy atom. The second-order valence-corrected chi connectivity index (χ2v) is 6.06. The predicted octanol–water partition coefficient (Wildman–Crippen LogP) is 3.42. The minimum absolute atomic E-state index is 0.0712. The van der Waals surface area contributed by atoms with Crippen LogP contribution in [-0.2, 0) is 4.79 Å². The summed E-state index contributed by atoms with van der Waals surface area (Å²) in [5.74, 6) is 1.21. The third kappa shape index (κ3) is 5.68. The van der Waals surface area contributed by atoms with Gasteiger partial charge in [0.15, 0.2) is 0 Å². The maximum Gasteiger partial charge on any atom is 0.237 e. The summed E-state index contributed by atoms with van der Waals surface area (Å²) in [6.45, 7) is 8.89. The van der Waals surface area contributed by atoms with Crippen LogP contribution < -0.4 is 15.8 Å². The molecule has 1 aromatic rings. The monoisotopic (exact) mass is 306 g/mol. The summed E-state index contributed by atoms with van der Waals surface area (Å²) < 4.78 is 5.71. The second kappa shape index (κ2) is 9.46. The Bertz CT molecular complexity index is 460. The van der Waals surface area contributed by atoms with Gasteiger partial charge in [-0.2, -0.15) is 0 Å². The lowest BCUT2D eigenvalue weighted by Gasteiger charge is -2.25. The lowest BCUT2D eigenvalue weighted by atomic mass is 9.95. The summed E-state index contributed by atoms with van der Waals surface area (Å²) in [5.41, 5.74) is 6.96. The van der Waals surface area contributed by atoms with Gasteiger partial charge in [-0.05, 0) is 31.7 Å². The zero-order valence-corrected chi connectivity index (χ0v) is 14.3. The predicted molar refractivity (Wildman–Crippen MR) is 90.8 cm³/mol. The molecule has 0 spiro atoms. The number of hydrogen-bond acceptors (Lipinski definition) is 3. The molecule has 22 heavy (non-hydrogen) atoms. The molecule has 1 amide bonds. The Kier molecular flexibility index (Phi) is 7.96. The lowest BCUT2D eigenvalue weighted by molar-refractivity contribution is -0.123. The van der Waals surface area contributed by atoms with E-state index in [0.29, 0.717) is 18.9 Å². The summed E-state index contributed by atoms with van der Waals surface area (Å²) >= 11 is 0. The van der Waals surface area contributed by atoms with Crippen LogP contribution in [0.5, 0.6) is 5.75 Å². The molecular weight excluding hydrogens is 276 g/mol. The summed E-state index contributed by atoms with van der Waals surface area (Å²) in [6.07, 6.45) is 2.46. The van der Waals surface area contributed by atoms with Gasteiger partial charge in [-0.3, -0.25) is 4.79 Å². The second-order valence-electron chi connectivity index (χ2n) is 6.06. The molecule has 4 heteroatoms. The molecule has 3 N–H and O–H groups in total. The molecule has 0 bridgehead atoms. The molecular formula is C18H30N2O2. The molecule has 0 saturated heterocycles. The SMILES string of the molecule is CCCC(N)C(=O)NC(CC(C)C)c1ccccc1OCC. The van der Waals surface area contributed by atoms with Gasteiger partial charge in [-0.15, -0.1) is 0 Å². The highest BCUT2D eigenvalue weighted by molar-refractivity contribution is 5.82. The van der Waals surface area contributed by atoms with Crippen molar-refractivity contribution in [3.05, 3.63) is 29.8 Å². The molecule has 0 aliphatic rings. The average Bonchev–Trinajstić information content (AvgIpc) is 2.47. The highest BCUT2D eigenvalue weighted by Gasteiger charge is 2.22. The fourth-order valence-electron chi connectivity index (χ4n) is 2.51. The Morgan fingerprint density at radius 3 is 2.55 bits per heavy atom. The van der Waals surface area contributed by atoms with Crippen molar-refractivity contribution >= 4 is 5.91 Å². The van der Waals surface area contributed by atoms with Crippen molar-refractivity contribution in [3.8, 4) is 5.75 Å². The zero-order chi connectivity index (χ0) is 16.5. The Hall–Kier alpha value is -1.55. The first-order valence-electron chi connectivity index (χ1n) is 8.27. The first-order valence-corrected chi connectivity index (χ1v) is 8.27. The maximum absolute atomic E-state index is 12.3. The van der Waals surface area contributed by atoms with Crippen molar-refractivity contribution < 1.29 is 9.53 Å². The number of nitrogens with one attached hydrogen (secondary N) is 1. The van der Waals surface area contributed by atoms with Gasteiger partial charge in [0.2, 0.25) is 5.91 Å². The van der Waals surface area contributed by atoms with Crippen LogP contribution in [0.15, 0.2) is 24.3 Å². The van der Waals surface area contributed by atoms with Gasteiger partial charge in [0.1, 0.15) is 5.75 Å². The highest BCUT2D eigenvalue weighted by atomic mass is 16.5. The number of para-hydroxylation sites is 1.